The van der Waals surface area contributed by atoms with Crippen molar-refractivity contribution in [2.75, 3.05) is 33.4 Å². The zero-order valence-electron chi connectivity index (χ0n) is 16.4. The first kappa shape index (κ1) is 20.4. The van der Waals surface area contributed by atoms with Gasteiger partial charge < -0.3 is 24.8 Å². The lowest BCUT2D eigenvalue weighted by Gasteiger charge is -2.14. The van der Waals surface area contributed by atoms with Gasteiger partial charge in [-0.1, -0.05) is 17.7 Å². The van der Waals surface area contributed by atoms with E-state index in [0.717, 1.165) is 28.4 Å². The fourth-order valence-corrected chi connectivity index (χ4v) is 2.78. The molecule has 2 amide bonds. The number of hydrogen-bond donors (Lipinski definition) is 2. The molecule has 0 bridgehead atoms. The second kappa shape index (κ2) is 10.3. The van der Waals surface area contributed by atoms with Crippen LogP contribution < -0.4 is 24.8 Å². The van der Waals surface area contributed by atoms with Crippen LogP contribution in [0.3, 0.4) is 0 Å². The van der Waals surface area contributed by atoms with Gasteiger partial charge in [-0.25, -0.2) is 4.79 Å². The SMILES string of the molecule is COc1ccc(OCCNC(=O)NCCOc2c(C)cc(C)cc2C)cc1. The lowest BCUT2D eigenvalue weighted by molar-refractivity contribution is 0.232. The van der Waals surface area contributed by atoms with E-state index in [1.165, 1.54) is 5.56 Å². The highest BCUT2D eigenvalue weighted by Gasteiger charge is 2.05. The van der Waals surface area contributed by atoms with E-state index in [-0.39, 0.29) is 6.03 Å². The second-order valence-electron chi connectivity index (χ2n) is 6.28. The Hall–Kier alpha value is -2.89. The molecule has 0 radical (unpaired) electrons. The number of amides is 2. The summed E-state index contributed by atoms with van der Waals surface area (Å²) in [6, 6.07) is 11.2. The predicted octanol–water partition coefficient (Wildman–Crippen LogP) is 3.38. The number of ether oxygens (including phenoxy) is 3. The van der Waals surface area contributed by atoms with E-state index in [1.807, 2.05) is 38.1 Å². The number of carbonyl (C=O) groups excluding carboxylic acids is 1. The van der Waals surface area contributed by atoms with Gasteiger partial charge in [-0.15, -0.1) is 0 Å². The van der Waals surface area contributed by atoms with Gasteiger partial charge in [0.25, 0.3) is 0 Å². The molecular weight excluding hydrogens is 344 g/mol. The molecule has 2 aromatic carbocycles. The summed E-state index contributed by atoms with van der Waals surface area (Å²) in [5.74, 6) is 2.39. The summed E-state index contributed by atoms with van der Waals surface area (Å²) in [7, 11) is 1.62. The Bertz CT molecular complexity index is 721. The summed E-state index contributed by atoms with van der Waals surface area (Å²) in [5, 5.41) is 5.52. The van der Waals surface area contributed by atoms with Gasteiger partial charge in [-0.05, 0) is 56.2 Å². The maximum Gasteiger partial charge on any atom is 0.315 e. The van der Waals surface area contributed by atoms with Gasteiger partial charge >= 0.3 is 6.03 Å². The van der Waals surface area contributed by atoms with E-state index in [4.69, 9.17) is 14.2 Å². The average molecular weight is 372 g/mol. The van der Waals surface area contributed by atoms with Crippen molar-refractivity contribution in [2.45, 2.75) is 20.8 Å². The van der Waals surface area contributed by atoms with Crippen LogP contribution in [0.5, 0.6) is 17.2 Å². The Morgan fingerprint density at radius 3 is 1.93 bits per heavy atom. The first-order valence-corrected chi connectivity index (χ1v) is 8.99. The predicted molar refractivity (Wildman–Crippen MR) is 106 cm³/mol. The van der Waals surface area contributed by atoms with Crippen molar-refractivity contribution in [3.05, 3.63) is 53.1 Å². The monoisotopic (exact) mass is 372 g/mol. The van der Waals surface area contributed by atoms with E-state index in [2.05, 4.69) is 29.7 Å². The largest absolute Gasteiger partial charge is 0.497 e. The molecule has 6 nitrogen and oxygen atoms in total. The van der Waals surface area contributed by atoms with Crippen LogP contribution in [0.15, 0.2) is 36.4 Å². The van der Waals surface area contributed by atoms with E-state index >= 15 is 0 Å². The van der Waals surface area contributed by atoms with Crippen molar-refractivity contribution in [3.63, 3.8) is 0 Å². The number of methoxy groups -OCH3 is 1. The van der Waals surface area contributed by atoms with Crippen LogP contribution >= 0.6 is 0 Å². The topological polar surface area (TPSA) is 68.8 Å². The smallest absolute Gasteiger partial charge is 0.315 e. The van der Waals surface area contributed by atoms with E-state index in [1.54, 1.807) is 7.11 Å². The maximum absolute atomic E-state index is 11.8. The number of nitrogens with one attached hydrogen (secondary N) is 2. The first-order chi connectivity index (χ1) is 13.0. The molecule has 0 aliphatic heterocycles. The number of benzene rings is 2. The third kappa shape index (κ3) is 6.73. The fourth-order valence-electron chi connectivity index (χ4n) is 2.78. The van der Waals surface area contributed by atoms with Crippen molar-refractivity contribution in [1.82, 2.24) is 10.6 Å². The summed E-state index contributed by atoms with van der Waals surface area (Å²) in [5.41, 5.74) is 3.42. The Labute approximate surface area is 160 Å². The van der Waals surface area contributed by atoms with Gasteiger partial charge in [0.15, 0.2) is 0 Å². The zero-order chi connectivity index (χ0) is 19.6. The Balaban J connectivity index is 1.59. The molecule has 27 heavy (non-hydrogen) atoms. The van der Waals surface area contributed by atoms with Crippen LogP contribution in [0.1, 0.15) is 16.7 Å². The van der Waals surface area contributed by atoms with E-state index in [0.29, 0.717) is 26.3 Å². The standard InChI is InChI=1S/C21H28N2O4/c1-15-13-16(2)20(17(3)14-15)27-12-10-23-21(24)22-9-11-26-19-7-5-18(25-4)6-8-19/h5-8,13-14H,9-12H2,1-4H3,(H2,22,23,24). The van der Waals surface area contributed by atoms with Gasteiger partial charge in [-0.3, -0.25) is 0 Å². The molecule has 6 heteroatoms. The van der Waals surface area contributed by atoms with Crippen molar-refractivity contribution < 1.29 is 19.0 Å². The summed E-state index contributed by atoms with van der Waals surface area (Å²) in [4.78, 5) is 11.8. The molecule has 0 aliphatic carbocycles. The molecule has 0 heterocycles. The summed E-state index contributed by atoms with van der Waals surface area (Å²) in [6.45, 7) is 7.76. The van der Waals surface area contributed by atoms with Crippen LogP contribution in [0, 0.1) is 20.8 Å². The van der Waals surface area contributed by atoms with Crippen LogP contribution in [0.2, 0.25) is 0 Å². The average Bonchev–Trinajstić information content (AvgIpc) is 2.64. The highest BCUT2D eigenvalue weighted by atomic mass is 16.5. The third-order valence-corrected chi connectivity index (χ3v) is 3.95. The minimum atomic E-state index is -0.241. The summed E-state index contributed by atoms with van der Waals surface area (Å²) < 4.78 is 16.4. The molecule has 0 fully saturated rings. The van der Waals surface area contributed by atoms with Crippen LogP contribution in [0.4, 0.5) is 4.79 Å². The van der Waals surface area contributed by atoms with Crippen LogP contribution in [-0.4, -0.2) is 39.4 Å². The van der Waals surface area contributed by atoms with Gasteiger partial charge in [0.05, 0.1) is 20.2 Å². The van der Waals surface area contributed by atoms with Crippen molar-refractivity contribution in [1.29, 1.82) is 0 Å². The summed E-state index contributed by atoms with van der Waals surface area (Å²) >= 11 is 0. The number of carbonyl (C=O) groups is 1. The molecule has 2 rings (SSSR count). The Morgan fingerprint density at radius 1 is 0.852 bits per heavy atom. The molecule has 0 saturated carbocycles. The minimum Gasteiger partial charge on any atom is -0.497 e. The Kier molecular flexibility index (Phi) is 7.79. The number of urea groups is 1. The van der Waals surface area contributed by atoms with Gasteiger partial charge in [-0.2, -0.15) is 0 Å². The highest BCUT2D eigenvalue weighted by molar-refractivity contribution is 5.73. The molecule has 0 unspecified atom stereocenters. The van der Waals surface area contributed by atoms with Crippen LogP contribution in [-0.2, 0) is 0 Å². The van der Waals surface area contributed by atoms with Gasteiger partial charge in [0, 0.05) is 0 Å². The molecule has 2 aromatic rings. The van der Waals surface area contributed by atoms with Gasteiger partial charge in [0.2, 0.25) is 0 Å². The second-order valence-corrected chi connectivity index (χ2v) is 6.28. The van der Waals surface area contributed by atoms with Crippen molar-refractivity contribution in [2.24, 2.45) is 0 Å². The number of hydrogen-bond acceptors (Lipinski definition) is 4. The molecule has 0 spiro atoms. The number of rotatable bonds is 9. The minimum absolute atomic E-state index is 0.241. The normalized spacial score (nSPS) is 10.2. The van der Waals surface area contributed by atoms with Crippen molar-refractivity contribution in [3.8, 4) is 17.2 Å². The molecule has 146 valence electrons. The zero-order valence-corrected chi connectivity index (χ0v) is 16.4. The van der Waals surface area contributed by atoms with Gasteiger partial charge in [0.1, 0.15) is 30.5 Å². The van der Waals surface area contributed by atoms with Crippen LogP contribution in [0.25, 0.3) is 0 Å². The molecular formula is C21H28N2O4. The third-order valence-electron chi connectivity index (χ3n) is 3.95. The lowest BCUT2D eigenvalue weighted by Crippen LogP contribution is -2.39. The maximum atomic E-state index is 11.8. The Morgan fingerprint density at radius 2 is 1.37 bits per heavy atom. The molecule has 0 aromatic heterocycles. The first-order valence-electron chi connectivity index (χ1n) is 8.99. The molecule has 0 aliphatic rings. The van der Waals surface area contributed by atoms with E-state index < -0.39 is 0 Å². The highest BCUT2D eigenvalue weighted by Crippen LogP contribution is 2.24. The fraction of sp³-hybridized carbons (Fsp3) is 0.381. The van der Waals surface area contributed by atoms with Crippen molar-refractivity contribution >= 4 is 6.03 Å². The lowest BCUT2D eigenvalue weighted by atomic mass is 10.1. The molecule has 0 atom stereocenters. The quantitative estimate of drug-likeness (QED) is 0.662. The number of aryl methyl sites for hydroxylation is 3. The van der Waals surface area contributed by atoms with E-state index in [9.17, 15) is 4.79 Å². The molecule has 2 N–H and O–H groups in total. The molecule has 0 saturated heterocycles. The summed E-state index contributed by atoms with van der Waals surface area (Å²) in [6.07, 6.45) is 0.